The van der Waals surface area contributed by atoms with E-state index in [9.17, 15) is 18.8 Å². The SMILES string of the molecule is O=C(CCNC(=O)C1CC(=O)N(c2ccc(F)cc2)C1)NCc1cccnc1. The number of halogens is 1. The van der Waals surface area contributed by atoms with Crippen LogP contribution in [0.3, 0.4) is 0 Å². The predicted molar refractivity (Wildman–Crippen MR) is 101 cm³/mol. The maximum atomic E-state index is 13.0. The fourth-order valence-corrected chi connectivity index (χ4v) is 2.99. The summed E-state index contributed by atoms with van der Waals surface area (Å²) >= 11 is 0. The summed E-state index contributed by atoms with van der Waals surface area (Å²) in [5.74, 6) is -1.50. The lowest BCUT2D eigenvalue weighted by atomic mass is 10.1. The first-order chi connectivity index (χ1) is 13.5. The van der Waals surface area contributed by atoms with Crippen LogP contribution in [0.5, 0.6) is 0 Å². The number of amides is 3. The Kier molecular flexibility index (Phi) is 6.31. The van der Waals surface area contributed by atoms with E-state index in [-0.39, 0.29) is 49.5 Å². The highest BCUT2D eigenvalue weighted by Gasteiger charge is 2.34. The van der Waals surface area contributed by atoms with E-state index in [1.165, 1.54) is 29.2 Å². The molecule has 1 aliphatic heterocycles. The number of carbonyl (C=O) groups excluding carboxylic acids is 3. The summed E-state index contributed by atoms with van der Waals surface area (Å²) in [7, 11) is 0. The Balaban J connectivity index is 1.41. The number of anilines is 1. The van der Waals surface area contributed by atoms with Gasteiger partial charge in [-0.25, -0.2) is 4.39 Å². The van der Waals surface area contributed by atoms with Gasteiger partial charge in [-0.3, -0.25) is 19.4 Å². The molecule has 1 saturated heterocycles. The molecule has 28 heavy (non-hydrogen) atoms. The maximum Gasteiger partial charge on any atom is 0.227 e. The van der Waals surface area contributed by atoms with Gasteiger partial charge >= 0.3 is 0 Å². The van der Waals surface area contributed by atoms with Crippen LogP contribution >= 0.6 is 0 Å². The predicted octanol–water partition coefficient (Wildman–Crippen LogP) is 1.40. The normalized spacial score (nSPS) is 16.1. The lowest BCUT2D eigenvalue weighted by Gasteiger charge is -2.16. The van der Waals surface area contributed by atoms with Gasteiger partial charge in [0.15, 0.2) is 0 Å². The summed E-state index contributed by atoms with van der Waals surface area (Å²) in [5, 5.41) is 5.46. The number of pyridine rings is 1. The molecule has 7 nitrogen and oxygen atoms in total. The van der Waals surface area contributed by atoms with Crippen molar-refractivity contribution in [3.63, 3.8) is 0 Å². The first-order valence-corrected chi connectivity index (χ1v) is 9.02. The second kappa shape index (κ2) is 9.07. The average Bonchev–Trinajstić information content (AvgIpc) is 3.09. The zero-order valence-electron chi connectivity index (χ0n) is 15.2. The minimum atomic E-state index is -0.490. The third-order valence-corrected chi connectivity index (χ3v) is 4.50. The highest BCUT2D eigenvalue weighted by molar-refractivity contribution is 6.00. The topological polar surface area (TPSA) is 91.4 Å². The van der Waals surface area contributed by atoms with Gasteiger partial charge in [0.25, 0.3) is 0 Å². The number of benzene rings is 1. The Bertz CT molecular complexity index is 842. The Labute approximate surface area is 161 Å². The van der Waals surface area contributed by atoms with Gasteiger partial charge in [0.2, 0.25) is 17.7 Å². The lowest BCUT2D eigenvalue weighted by molar-refractivity contribution is -0.126. The molecule has 0 bridgehead atoms. The smallest absolute Gasteiger partial charge is 0.227 e. The van der Waals surface area contributed by atoms with Crippen LogP contribution in [0.15, 0.2) is 48.8 Å². The Morgan fingerprint density at radius 3 is 2.68 bits per heavy atom. The number of nitrogens with zero attached hydrogens (tertiary/aromatic N) is 2. The number of aromatic nitrogens is 1. The van der Waals surface area contributed by atoms with E-state index in [2.05, 4.69) is 15.6 Å². The zero-order valence-corrected chi connectivity index (χ0v) is 15.2. The maximum absolute atomic E-state index is 13.0. The molecule has 1 fully saturated rings. The molecule has 3 amide bonds. The van der Waals surface area contributed by atoms with Gasteiger partial charge in [-0.1, -0.05) is 6.07 Å². The van der Waals surface area contributed by atoms with E-state index >= 15 is 0 Å². The van der Waals surface area contributed by atoms with Crippen LogP contribution in [0.2, 0.25) is 0 Å². The highest BCUT2D eigenvalue weighted by atomic mass is 19.1. The van der Waals surface area contributed by atoms with E-state index in [0.29, 0.717) is 12.2 Å². The van der Waals surface area contributed by atoms with Crippen molar-refractivity contribution in [1.29, 1.82) is 0 Å². The molecule has 1 unspecified atom stereocenters. The van der Waals surface area contributed by atoms with Crippen molar-refractivity contribution in [3.8, 4) is 0 Å². The standard InChI is InChI=1S/C20H21FN4O3/c21-16-3-5-17(6-4-16)25-13-15(10-19(25)27)20(28)23-9-7-18(26)24-12-14-2-1-8-22-11-14/h1-6,8,11,15H,7,9-10,12-13H2,(H,23,28)(H,24,26). The van der Waals surface area contributed by atoms with Crippen molar-refractivity contribution in [2.75, 3.05) is 18.0 Å². The minimum Gasteiger partial charge on any atom is -0.355 e. The number of hydrogen-bond acceptors (Lipinski definition) is 4. The van der Waals surface area contributed by atoms with Gasteiger partial charge < -0.3 is 15.5 Å². The molecule has 8 heteroatoms. The second-order valence-corrected chi connectivity index (χ2v) is 6.56. The average molecular weight is 384 g/mol. The molecule has 1 aromatic heterocycles. The summed E-state index contributed by atoms with van der Waals surface area (Å²) in [6.45, 7) is 0.812. The summed E-state index contributed by atoms with van der Waals surface area (Å²) in [5.41, 5.74) is 1.46. The molecule has 2 heterocycles. The molecular formula is C20H21FN4O3. The Morgan fingerprint density at radius 1 is 1.18 bits per heavy atom. The largest absolute Gasteiger partial charge is 0.355 e. The summed E-state index contributed by atoms with van der Waals surface area (Å²) in [4.78, 5) is 41.8. The highest BCUT2D eigenvalue weighted by Crippen LogP contribution is 2.25. The van der Waals surface area contributed by atoms with Crippen LogP contribution in [0.1, 0.15) is 18.4 Å². The van der Waals surface area contributed by atoms with Crippen molar-refractivity contribution in [2.24, 2.45) is 5.92 Å². The Morgan fingerprint density at radius 2 is 1.96 bits per heavy atom. The minimum absolute atomic E-state index is 0.0937. The summed E-state index contributed by atoms with van der Waals surface area (Å²) < 4.78 is 13.0. The molecule has 1 aromatic carbocycles. The molecule has 0 spiro atoms. The van der Waals surface area contributed by atoms with Crippen LogP contribution in [0.4, 0.5) is 10.1 Å². The molecular weight excluding hydrogens is 363 g/mol. The van der Waals surface area contributed by atoms with Crippen molar-refractivity contribution in [3.05, 3.63) is 60.2 Å². The van der Waals surface area contributed by atoms with Gasteiger partial charge in [0.05, 0.1) is 5.92 Å². The molecule has 2 N–H and O–H groups in total. The van der Waals surface area contributed by atoms with Crippen molar-refractivity contribution >= 4 is 23.4 Å². The van der Waals surface area contributed by atoms with Crippen molar-refractivity contribution in [1.82, 2.24) is 15.6 Å². The molecule has 1 atom stereocenters. The zero-order chi connectivity index (χ0) is 19.9. The summed E-state index contributed by atoms with van der Waals surface area (Å²) in [6, 6.07) is 9.24. The van der Waals surface area contributed by atoms with Gasteiger partial charge in [-0.15, -0.1) is 0 Å². The van der Waals surface area contributed by atoms with Crippen molar-refractivity contribution in [2.45, 2.75) is 19.4 Å². The Hall–Kier alpha value is -3.29. The molecule has 1 aliphatic rings. The van der Waals surface area contributed by atoms with Crippen LogP contribution in [-0.4, -0.2) is 35.8 Å². The van der Waals surface area contributed by atoms with Crippen LogP contribution in [0, 0.1) is 11.7 Å². The molecule has 3 rings (SSSR count). The molecule has 0 radical (unpaired) electrons. The van der Waals surface area contributed by atoms with E-state index in [0.717, 1.165) is 5.56 Å². The third-order valence-electron chi connectivity index (χ3n) is 4.50. The van der Waals surface area contributed by atoms with E-state index in [1.54, 1.807) is 18.5 Å². The molecule has 0 saturated carbocycles. The van der Waals surface area contributed by atoms with Crippen LogP contribution in [0.25, 0.3) is 0 Å². The molecule has 0 aliphatic carbocycles. The molecule has 146 valence electrons. The fourth-order valence-electron chi connectivity index (χ4n) is 2.99. The van der Waals surface area contributed by atoms with Gasteiger partial charge in [-0.05, 0) is 35.9 Å². The third kappa shape index (κ3) is 5.12. The van der Waals surface area contributed by atoms with Gasteiger partial charge in [0, 0.05) is 50.6 Å². The summed E-state index contributed by atoms with van der Waals surface area (Å²) in [6.07, 6.45) is 3.57. The monoisotopic (exact) mass is 384 g/mol. The second-order valence-electron chi connectivity index (χ2n) is 6.56. The number of hydrogen-bond donors (Lipinski definition) is 2. The molecule has 2 aromatic rings. The number of rotatable bonds is 7. The quantitative estimate of drug-likeness (QED) is 0.755. The van der Waals surface area contributed by atoms with Crippen LogP contribution in [-0.2, 0) is 20.9 Å². The first kappa shape index (κ1) is 19.5. The van der Waals surface area contributed by atoms with E-state index < -0.39 is 5.92 Å². The van der Waals surface area contributed by atoms with Gasteiger partial charge in [0.1, 0.15) is 5.82 Å². The lowest BCUT2D eigenvalue weighted by Crippen LogP contribution is -2.35. The van der Waals surface area contributed by atoms with Crippen LogP contribution < -0.4 is 15.5 Å². The van der Waals surface area contributed by atoms with Crippen molar-refractivity contribution < 1.29 is 18.8 Å². The first-order valence-electron chi connectivity index (χ1n) is 9.02. The van der Waals surface area contributed by atoms with Gasteiger partial charge in [-0.2, -0.15) is 0 Å². The fraction of sp³-hybridized carbons (Fsp3) is 0.300. The van der Waals surface area contributed by atoms with E-state index in [1.807, 2.05) is 6.07 Å². The number of nitrogens with one attached hydrogen (secondary N) is 2. The van der Waals surface area contributed by atoms with E-state index in [4.69, 9.17) is 0 Å². The number of carbonyl (C=O) groups is 3.